The van der Waals surface area contributed by atoms with E-state index < -0.39 is 6.10 Å². The zero-order valence-corrected chi connectivity index (χ0v) is 12.5. The van der Waals surface area contributed by atoms with E-state index in [1.807, 2.05) is 0 Å². The quantitative estimate of drug-likeness (QED) is 0.903. The SMILES string of the molecule is OC(CCN1CCC(N2CCCC2)C1)c1ccc(F)cc1. The fourth-order valence-corrected chi connectivity index (χ4v) is 3.58. The van der Waals surface area contributed by atoms with E-state index in [0.717, 1.165) is 37.7 Å². The minimum atomic E-state index is -0.489. The van der Waals surface area contributed by atoms with Crippen LogP contribution in [0.4, 0.5) is 4.39 Å². The van der Waals surface area contributed by atoms with Crippen LogP contribution < -0.4 is 0 Å². The summed E-state index contributed by atoms with van der Waals surface area (Å²) in [6, 6.07) is 6.90. The number of benzene rings is 1. The van der Waals surface area contributed by atoms with E-state index in [2.05, 4.69) is 9.80 Å². The van der Waals surface area contributed by atoms with Gasteiger partial charge in [0.05, 0.1) is 6.10 Å². The van der Waals surface area contributed by atoms with Gasteiger partial charge in [0.2, 0.25) is 0 Å². The molecule has 0 aromatic heterocycles. The van der Waals surface area contributed by atoms with Crippen LogP contribution in [-0.2, 0) is 0 Å². The fraction of sp³-hybridized carbons (Fsp3) is 0.647. The first-order valence-corrected chi connectivity index (χ1v) is 8.12. The van der Waals surface area contributed by atoms with Gasteiger partial charge in [-0.2, -0.15) is 0 Å². The third-order valence-corrected chi connectivity index (χ3v) is 4.88. The first-order chi connectivity index (χ1) is 10.2. The Hall–Kier alpha value is -0.970. The number of likely N-dealkylation sites (tertiary alicyclic amines) is 2. The average molecular weight is 292 g/mol. The van der Waals surface area contributed by atoms with Gasteiger partial charge in [0.15, 0.2) is 0 Å². The molecule has 0 bridgehead atoms. The molecule has 2 aliphatic rings. The van der Waals surface area contributed by atoms with Crippen molar-refractivity contribution in [3.05, 3.63) is 35.6 Å². The summed E-state index contributed by atoms with van der Waals surface area (Å²) in [5, 5.41) is 10.2. The topological polar surface area (TPSA) is 26.7 Å². The van der Waals surface area contributed by atoms with Crippen LogP contribution in [0.3, 0.4) is 0 Å². The van der Waals surface area contributed by atoms with Crippen molar-refractivity contribution in [1.82, 2.24) is 9.80 Å². The van der Waals surface area contributed by atoms with E-state index >= 15 is 0 Å². The van der Waals surface area contributed by atoms with Crippen LogP contribution in [0.1, 0.15) is 37.4 Å². The first kappa shape index (κ1) is 14.9. The molecule has 2 heterocycles. The van der Waals surface area contributed by atoms with Crippen molar-refractivity contribution in [2.45, 2.75) is 37.8 Å². The van der Waals surface area contributed by atoms with Crippen molar-refractivity contribution >= 4 is 0 Å². The van der Waals surface area contributed by atoms with Crippen molar-refractivity contribution in [3.63, 3.8) is 0 Å². The summed E-state index contributed by atoms with van der Waals surface area (Å²) in [6.07, 6.45) is 4.18. The molecule has 0 spiro atoms. The lowest BCUT2D eigenvalue weighted by atomic mass is 10.1. The highest BCUT2D eigenvalue weighted by Gasteiger charge is 2.29. The van der Waals surface area contributed by atoms with E-state index in [9.17, 15) is 9.50 Å². The van der Waals surface area contributed by atoms with Crippen LogP contribution in [0.5, 0.6) is 0 Å². The molecule has 0 aliphatic carbocycles. The van der Waals surface area contributed by atoms with Crippen molar-refractivity contribution in [3.8, 4) is 0 Å². The Morgan fingerprint density at radius 2 is 1.86 bits per heavy atom. The zero-order chi connectivity index (χ0) is 14.7. The highest BCUT2D eigenvalue weighted by atomic mass is 19.1. The molecule has 1 N–H and O–H groups in total. The summed E-state index contributed by atoms with van der Waals surface area (Å²) in [7, 11) is 0. The van der Waals surface area contributed by atoms with Gasteiger partial charge in [0.1, 0.15) is 5.82 Å². The number of aliphatic hydroxyl groups is 1. The highest BCUT2D eigenvalue weighted by molar-refractivity contribution is 5.18. The maximum Gasteiger partial charge on any atom is 0.123 e. The maximum atomic E-state index is 12.9. The number of hydrogen-bond acceptors (Lipinski definition) is 3. The van der Waals surface area contributed by atoms with Gasteiger partial charge in [-0.3, -0.25) is 4.90 Å². The second-order valence-corrected chi connectivity index (χ2v) is 6.34. The minimum Gasteiger partial charge on any atom is -0.388 e. The summed E-state index contributed by atoms with van der Waals surface area (Å²) < 4.78 is 12.9. The Morgan fingerprint density at radius 3 is 2.57 bits per heavy atom. The second-order valence-electron chi connectivity index (χ2n) is 6.34. The van der Waals surface area contributed by atoms with Crippen molar-refractivity contribution in [2.75, 3.05) is 32.7 Å². The molecular formula is C17H25FN2O. The Kier molecular flexibility index (Phi) is 4.88. The minimum absolute atomic E-state index is 0.251. The molecule has 2 aliphatic heterocycles. The van der Waals surface area contributed by atoms with Crippen LogP contribution in [-0.4, -0.2) is 53.7 Å². The van der Waals surface area contributed by atoms with E-state index in [4.69, 9.17) is 0 Å². The predicted molar refractivity (Wildman–Crippen MR) is 81.6 cm³/mol. The molecule has 0 amide bonds. The molecule has 0 radical (unpaired) electrons. The van der Waals surface area contributed by atoms with E-state index in [1.54, 1.807) is 12.1 Å². The Morgan fingerprint density at radius 1 is 1.14 bits per heavy atom. The Labute approximate surface area is 126 Å². The predicted octanol–water partition coefficient (Wildman–Crippen LogP) is 2.42. The smallest absolute Gasteiger partial charge is 0.123 e. The average Bonchev–Trinajstić information content (AvgIpc) is 3.16. The van der Waals surface area contributed by atoms with Gasteiger partial charge in [-0.1, -0.05) is 12.1 Å². The van der Waals surface area contributed by atoms with Gasteiger partial charge in [-0.25, -0.2) is 4.39 Å². The normalized spacial score (nSPS) is 25.5. The van der Waals surface area contributed by atoms with Crippen LogP contribution in [0, 0.1) is 5.82 Å². The third kappa shape index (κ3) is 3.82. The number of nitrogens with zero attached hydrogens (tertiary/aromatic N) is 2. The molecular weight excluding hydrogens is 267 g/mol. The molecule has 3 nitrogen and oxygen atoms in total. The molecule has 2 atom stereocenters. The highest BCUT2D eigenvalue weighted by Crippen LogP contribution is 2.22. The van der Waals surface area contributed by atoms with Gasteiger partial charge < -0.3 is 10.0 Å². The van der Waals surface area contributed by atoms with Gasteiger partial charge >= 0.3 is 0 Å². The maximum absolute atomic E-state index is 12.9. The Bertz CT molecular complexity index is 445. The van der Waals surface area contributed by atoms with Gasteiger partial charge in [0, 0.05) is 19.1 Å². The molecule has 21 heavy (non-hydrogen) atoms. The largest absolute Gasteiger partial charge is 0.388 e. The first-order valence-electron chi connectivity index (χ1n) is 8.12. The summed E-state index contributed by atoms with van der Waals surface area (Å²) in [5.74, 6) is -0.251. The summed E-state index contributed by atoms with van der Waals surface area (Å²) in [4.78, 5) is 5.08. The Balaban J connectivity index is 1.44. The van der Waals surface area contributed by atoms with Crippen LogP contribution in [0.15, 0.2) is 24.3 Å². The molecule has 2 fully saturated rings. The number of halogens is 1. The lowest BCUT2D eigenvalue weighted by Gasteiger charge is -2.24. The standard InChI is InChI=1S/C17H25FN2O/c18-15-5-3-14(4-6-15)17(21)8-12-19-11-7-16(13-19)20-9-1-2-10-20/h3-6,16-17,21H,1-2,7-13H2. The molecule has 116 valence electrons. The van der Waals surface area contributed by atoms with E-state index in [1.165, 1.54) is 44.5 Å². The fourth-order valence-electron chi connectivity index (χ4n) is 3.58. The number of hydrogen-bond donors (Lipinski definition) is 1. The van der Waals surface area contributed by atoms with Crippen LogP contribution in [0.25, 0.3) is 0 Å². The van der Waals surface area contributed by atoms with E-state index in [-0.39, 0.29) is 5.82 Å². The van der Waals surface area contributed by atoms with Crippen LogP contribution >= 0.6 is 0 Å². The van der Waals surface area contributed by atoms with Gasteiger partial charge in [-0.05, 0) is 63.0 Å². The monoisotopic (exact) mass is 292 g/mol. The molecule has 1 aromatic carbocycles. The number of rotatable bonds is 5. The molecule has 2 saturated heterocycles. The van der Waals surface area contributed by atoms with Crippen molar-refractivity contribution in [2.24, 2.45) is 0 Å². The van der Waals surface area contributed by atoms with Gasteiger partial charge in [-0.15, -0.1) is 0 Å². The van der Waals surface area contributed by atoms with Gasteiger partial charge in [0.25, 0.3) is 0 Å². The summed E-state index contributed by atoms with van der Waals surface area (Å²) in [5.41, 5.74) is 0.812. The third-order valence-electron chi connectivity index (χ3n) is 4.88. The summed E-state index contributed by atoms with van der Waals surface area (Å²) in [6.45, 7) is 5.71. The second kappa shape index (κ2) is 6.86. The van der Waals surface area contributed by atoms with Crippen molar-refractivity contribution in [1.29, 1.82) is 0 Å². The molecule has 3 rings (SSSR count). The zero-order valence-electron chi connectivity index (χ0n) is 12.5. The summed E-state index contributed by atoms with van der Waals surface area (Å²) >= 11 is 0. The lowest BCUT2D eigenvalue weighted by Crippen LogP contribution is -2.35. The van der Waals surface area contributed by atoms with Crippen LogP contribution in [0.2, 0.25) is 0 Å². The molecule has 4 heteroatoms. The van der Waals surface area contributed by atoms with Crippen molar-refractivity contribution < 1.29 is 9.50 Å². The molecule has 1 aromatic rings. The number of aliphatic hydroxyl groups excluding tert-OH is 1. The molecule has 0 saturated carbocycles. The lowest BCUT2D eigenvalue weighted by molar-refractivity contribution is 0.145. The van der Waals surface area contributed by atoms with E-state index in [0.29, 0.717) is 0 Å². The molecule has 2 unspecified atom stereocenters.